The van der Waals surface area contributed by atoms with E-state index in [1.165, 1.54) is 22.6 Å². The summed E-state index contributed by atoms with van der Waals surface area (Å²) < 4.78 is 11.6. The zero-order valence-corrected chi connectivity index (χ0v) is 23.3. The Labute approximate surface area is 230 Å². The van der Waals surface area contributed by atoms with E-state index in [4.69, 9.17) is 9.47 Å². The van der Waals surface area contributed by atoms with Crippen LogP contribution in [-0.4, -0.2) is 22.9 Å². The highest BCUT2D eigenvalue weighted by Gasteiger charge is 2.45. The molecule has 3 aromatic rings. The predicted molar refractivity (Wildman–Crippen MR) is 149 cm³/mol. The minimum atomic E-state index is -0.434. The standard InChI is InChI=1S/C31H32BrO4S/c1-21(32)31(34)36-29(28-19-22-12-13-23(28)18-22)20-30(33)35-24-14-16-27(17-15-24)37(25-8-4-2-5-9-25)26-10-6-3-7-11-26/h2-11,14-17,21-23,28-29H,12-13,18-20H2,1H3/q+1. The smallest absolute Gasteiger partial charge is 0.319 e. The van der Waals surface area contributed by atoms with Crippen molar-refractivity contribution in [2.24, 2.45) is 17.8 Å². The third-order valence-electron chi connectivity index (χ3n) is 7.48. The molecule has 0 radical (unpaired) electrons. The van der Waals surface area contributed by atoms with Crippen molar-refractivity contribution in [2.75, 3.05) is 0 Å². The second-order valence-corrected chi connectivity index (χ2v) is 13.4. The highest BCUT2D eigenvalue weighted by atomic mass is 79.9. The van der Waals surface area contributed by atoms with Crippen LogP contribution in [0.25, 0.3) is 0 Å². The Balaban J connectivity index is 1.29. The molecule has 0 heterocycles. The number of benzene rings is 3. The topological polar surface area (TPSA) is 52.6 Å². The van der Waals surface area contributed by atoms with Crippen molar-refractivity contribution in [3.8, 4) is 5.75 Å². The van der Waals surface area contributed by atoms with Crippen molar-refractivity contribution in [3.05, 3.63) is 84.9 Å². The summed E-state index contributed by atoms with van der Waals surface area (Å²) in [6.07, 6.45) is 4.28. The maximum absolute atomic E-state index is 13.0. The fourth-order valence-corrected chi connectivity index (χ4v) is 7.97. The van der Waals surface area contributed by atoms with E-state index in [9.17, 15) is 9.59 Å². The molecule has 6 heteroatoms. The summed E-state index contributed by atoms with van der Waals surface area (Å²) in [5, 5.41) is 0. The molecule has 0 amide bonds. The van der Waals surface area contributed by atoms with Crippen molar-refractivity contribution in [1.82, 2.24) is 0 Å². The lowest BCUT2D eigenvalue weighted by Crippen LogP contribution is -2.35. The SMILES string of the molecule is CC(Br)C(=O)OC(CC(=O)Oc1ccc([S+](c2ccccc2)c2ccccc2)cc1)C1CC2CCC1C2. The first kappa shape index (κ1) is 26.1. The third kappa shape index (κ3) is 6.29. The Bertz CT molecular complexity index is 1160. The number of halogens is 1. The van der Waals surface area contributed by atoms with Gasteiger partial charge in [0, 0.05) is 0 Å². The molecule has 2 saturated carbocycles. The quantitative estimate of drug-likeness (QED) is 0.116. The van der Waals surface area contributed by atoms with E-state index in [1.807, 2.05) is 36.4 Å². The molecule has 0 aliphatic heterocycles. The number of esters is 2. The molecule has 192 valence electrons. The summed E-state index contributed by atoms with van der Waals surface area (Å²) in [6.45, 7) is 1.75. The molecule has 0 spiro atoms. The number of hydrogen-bond acceptors (Lipinski definition) is 4. The van der Waals surface area contributed by atoms with E-state index in [1.54, 1.807) is 6.92 Å². The Morgan fingerprint density at radius 1 is 0.865 bits per heavy atom. The van der Waals surface area contributed by atoms with E-state index in [2.05, 4.69) is 64.5 Å². The third-order valence-corrected chi connectivity index (χ3v) is 10.1. The summed E-state index contributed by atoms with van der Waals surface area (Å²) >= 11 is 3.30. The summed E-state index contributed by atoms with van der Waals surface area (Å²) in [5.74, 6) is 1.30. The molecule has 0 aromatic heterocycles. The summed E-state index contributed by atoms with van der Waals surface area (Å²) in [6, 6.07) is 28.7. The van der Waals surface area contributed by atoms with Crippen molar-refractivity contribution in [2.45, 2.75) is 64.6 Å². The van der Waals surface area contributed by atoms with Gasteiger partial charge < -0.3 is 9.47 Å². The molecule has 2 bridgehead atoms. The van der Waals surface area contributed by atoms with Gasteiger partial charge in [-0.1, -0.05) is 58.7 Å². The summed E-state index contributed by atoms with van der Waals surface area (Å²) in [5.41, 5.74) is 0. The zero-order valence-electron chi connectivity index (χ0n) is 20.9. The van der Waals surface area contributed by atoms with Gasteiger partial charge in [-0.15, -0.1) is 0 Å². The van der Waals surface area contributed by atoms with E-state index < -0.39 is 10.9 Å². The minimum Gasteiger partial charge on any atom is -0.461 e. The molecule has 0 N–H and O–H groups in total. The van der Waals surface area contributed by atoms with E-state index in [0.717, 1.165) is 17.7 Å². The Hall–Kier alpha value is -2.57. The van der Waals surface area contributed by atoms with Gasteiger partial charge in [0.05, 0.1) is 17.3 Å². The van der Waals surface area contributed by atoms with Crippen molar-refractivity contribution >= 4 is 38.8 Å². The van der Waals surface area contributed by atoms with Gasteiger partial charge in [-0.2, -0.15) is 0 Å². The van der Waals surface area contributed by atoms with Gasteiger partial charge in [0.15, 0.2) is 14.7 Å². The number of fused-ring (bicyclic) bond motifs is 2. The monoisotopic (exact) mass is 579 g/mol. The molecular formula is C31H32BrO4S+. The Morgan fingerprint density at radius 2 is 1.46 bits per heavy atom. The second kappa shape index (κ2) is 11.9. The maximum Gasteiger partial charge on any atom is 0.319 e. The van der Waals surface area contributed by atoms with Gasteiger partial charge >= 0.3 is 11.9 Å². The highest BCUT2D eigenvalue weighted by molar-refractivity contribution is 9.10. The van der Waals surface area contributed by atoms with Crippen LogP contribution in [0.4, 0.5) is 0 Å². The number of ether oxygens (including phenoxy) is 2. The second-order valence-electron chi connectivity index (χ2n) is 10.0. The van der Waals surface area contributed by atoms with Crippen LogP contribution in [0.1, 0.15) is 39.0 Å². The largest absolute Gasteiger partial charge is 0.461 e. The van der Waals surface area contributed by atoms with Gasteiger partial charge in [-0.25, -0.2) is 0 Å². The van der Waals surface area contributed by atoms with E-state index in [0.29, 0.717) is 17.6 Å². The first-order valence-corrected chi connectivity index (χ1v) is 15.1. The molecule has 5 unspecified atom stereocenters. The maximum atomic E-state index is 13.0. The highest BCUT2D eigenvalue weighted by Crippen LogP contribution is 2.50. The lowest BCUT2D eigenvalue weighted by Gasteiger charge is -2.30. The molecular weight excluding hydrogens is 548 g/mol. The fraction of sp³-hybridized carbons (Fsp3) is 0.355. The van der Waals surface area contributed by atoms with Crippen molar-refractivity contribution in [3.63, 3.8) is 0 Å². The van der Waals surface area contributed by atoms with Gasteiger partial charge in [0.1, 0.15) is 16.7 Å². The Morgan fingerprint density at radius 3 is 1.97 bits per heavy atom. The van der Waals surface area contributed by atoms with Crippen molar-refractivity contribution < 1.29 is 19.1 Å². The van der Waals surface area contributed by atoms with Crippen LogP contribution >= 0.6 is 15.9 Å². The van der Waals surface area contributed by atoms with Crippen LogP contribution in [0.15, 0.2) is 99.6 Å². The lowest BCUT2D eigenvalue weighted by molar-refractivity contribution is -0.155. The molecule has 4 nitrogen and oxygen atoms in total. The molecule has 2 fully saturated rings. The van der Waals surface area contributed by atoms with Crippen molar-refractivity contribution in [1.29, 1.82) is 0 Å². The molecule has 37 heavy (non-hydrogen) atoms. The number of rotatable bonds is 9. The average molecular weight is 581 g/mol. The van der Waals surface area contributed by atoms with Crippen LogP contribution in [0.5, 0.6) is 5.75 Å². The molecule has 3 aromatic carbocycles. The molecule has 2 aliphatic carbocycles. The number of carbonyl (C=O) groups excluding carboxylic acids is 2. The zero-order chi connectivity index (χ0) is 25.8. The summed E-state index contributed by atoms with van der Waals surface area (Å²) in [4.78, 5) is 28.6. The number of carbonyl (C=O) groups is 2. The average Bonchev–Trinajstić information content (AvgIpc) is 3.55. The normalized spacial score (nSPS) is 22.0. The van der Waals surface area contributed by atoms with Crippen LogP contribution < -0.4 is 4.74 Å². The number of hydrogen-bond donors (Lipinski definition) is 0. The van der Waals surface area contributed by atoms with Gasteiger partial charge in [0.25, 0.3) is 0 Å². The van der Waals surface area contributed by atoms with Crippen LogP contribution in [0.3, 0.4) is 0 Å². The van der Waals surface area contributed by atoms with E-state index >= 15 is 0 Å². The van der Waals surface area contributed by atoms with Crippen LogP contribution in [0.2, 0.25) is 0 Å². The lowest BCUT2D eigenvalue weighted by atomic mass is 9.83. The predicted octanol–water partition coefficient (Wildman–Crippen LogP) is 7.21. The summed E-state index contributed by atoms with van der Waals surface area (Å²) in [7, 11) is -0.261. The van der Waals surface area contributed by atoms with E-state index in [-0.39, 0.29) is 35.2 Å². The molecule has 2 aliphatic rings. The molecule has 5 atom stereocenters. The van der Waals surface area contributed by atoms with Gasteiger partial charge in [-0.3, -0.25) is 9.59 Å². The molecule has 5 rings (SSSR count). The number of alkyl halides is 1. The first-order chi connectivity index (χ1) is 18.0. The first-order valence-electron chi connectivity index (χ1n) is 13.0. The Kier molecular flexibility index (Phi) is 8.36. The molecule has 0 saturated heterocycles. The minimum absolute atomic E-state index is 0.0828. The van der Waals surface area contributed by atoms with Crippen LogP contribution in [-0.2, 0) is 25.2 Å². The van der Waals surface area contributed by atoms with Crippen LogP contribution in [0, 0.1) is 17.8 Å². The van der Waals surface area contributed by atoms with Gasteiger partial charge in [0.2, 0.25) is 0 Å². The van der Waals surface area contributed by atoms with Gasteiger partial charge in [-0.05, 0) is 92.5 Å². The fourth-order valence-electron chi connectivity index (χ4n) is 5.78.